The van der Waals surface area contributed by atoms with E-state index in [0.29, 0.717) is 24.3 Å². The number of amides is 2. The number of thioether (sulfide) groups is 1. The number of hydrogen-bond donors (Lipinski definition) is 1. The highest BCUT2D eigenvalue weighted by Gasteiger charge is 2.76. The topological polar surface area (TPSA) is 96.4 Å². The number of benzene rings is 1. The Hall–Kier alpha value is -2.30. The number of anilines is 1. The van der Waals surface area contributed by atoms with Gasteiger partial charge in [0.05, 0.1) is 36.3 Å². The van der Waals surface area contributed by atoms with E-state index in [1.807, 2.05) is 6.92 Å². The summed E-state index contributed by atoms with van der Waals surface area (Å²) in [5.41, 5.74) is 0.643. The van der Waals surface area contributed by atoms with E-state index < -0.39 is 34.6 Å². The number of nitrogens with zero attached hydrogens (tertiary/aromatic N) is 2. The number of alkyl halides is 1. The lowest BCUT2D eigenvalue weighted by Gasteiger charge is -2.39. The van der Waals surface area contributed by atoms with Crippen molar-refractivity contribution in [1.82, 2.24) is 4.90 Å². The lowest BCUT2D eigenvalue weighted by atomic mass is 9.71. The van der Waals surface area contributed by atoms with Crippen LogP contribution in [0.25, 0.3) is 0 Å². The van der Waals surface area contributed by atoms with Crippen molar-refractivity contribution in [2.75, 3.05) is 31.8 Å². The van der Waals surface area contributed by atoms with Gasteiger partial charge in [-0.15, -0.1) is 18.3 Å². The van der Waals surface area contributed by atoms with Crippen LogP contribution in [0.15, 0.2) is 49.6 Å². The third-order valence-electron chi connectivity index (χ3n) is 7.61. The molecule has 0 aromatic heterocycles. The van der Waals surface area contributed by atoms with Gasteiger partial charge in [0.1, 0.15) is 18.4 Å². The summed E-state index contributed by atoms with van der Waals surface area (Å²) in [5.74, 6) is -1.75. The summed E-state index contributed by atoms with van der Waals surface area (Å²) in [4.78, 5) is 44.9. The first-order valence-electron chi connectivity index (χ1n) is 12.4. The predicted octanol–water partition coefficient (Wildman–Crippen LogP) is 3.18. The van der Waals surface area contributed by atoms with Gasteiger partial charge in [0.15, 0.2) is 0 Å². The fourth-order valence-electron chi connectivity index (χ4n) is 6.02. The van der Waals surface area contributed by atoms with Crippen LogP contribution in [0.4, 0.5) is 5.69 Å². The maximum absolute atomic E-state index is 14.5. The first kappa shape index (κ1) is 27.7. The third kappa shape index (κ3) is 4.51. The van der Waals surface area contributed by atoms with Crippen molar-refractivity contribution in [3.05, 3.63) is 49.6 Å². The number of fused-ring (bicyclic) bond motifs is 1. The molecule has 3 unspecified atom stereocenters. The molecule has 3 fully saturated rings. The summed E-state index contributed by atoms with van der Waals surface area (Å²) in [6.45, 7) is 9.33. The van der Waals surface area contributed by atoms with Gasteiger partial charge in [-0.05, 0) is 37.1 Å². The first-order valence-corrected chi connectivity index (χ1v) is 14.2. The van der Waals surface area contributed by atoms with Gasteiger partial charge in [0.2, 0.25) is 5.91 Å². The molecule has 1 N–H and O–H groups in total. The van der Waals surface area contributed by atoms with Gasteiger partial charge in [-0.3, -0.25) is 14.4 Å². The molecule has 3 aliphatic rings. The van der Waals surface area contributed by atoms with E-state index in [4.69, 9.17) is 9.47 Å². The van der Waals surface area contributed by atoms with E-state index in [9.17, 15) is 19.5 Å². The molecular formula is C27H33BrN2O6S. The minimum atomic E-state index is -0.864. The van der Waals surface area contributed by atoms with E-state index in [0.717, 1.165) is 0 Å². The van der Waals surface area contributed by atoms with Gasteiger partial charge in [-0.25, -0.2) is 0 Å². The Balaban J connectivity index is 1.81. The Morgan fingerprint density at radius 3 is 2.59 bits per heavy atom. The van der Waals surface area contributed by atoms with E-state index >= 15 is 0 Å². The number of aliphatic hydroxyl groups excluding tert-OH is 1. The fourth-order valence-corrected chi connectivity index (χ4v) is 9.60. The molecule has 200 valence electrons. The van der Waals surface area contributed by atoms with Crippen LogP contribution >= 0.6 is 27.7 Å². The monoisotopic (exact) mass is 592 g/mol. The molecule has 2 bridgehead atoms. The molecule has 3 aliphatic heterocycles. The lowest BCUT2D eigenvalue weighted by Crippen LogP contribution is -2.58. The van der Waals surface area contributed by atoms with Gasteiger partial charge in [-0.2, -0.15) is 0 Å². The number of rotatable bonds is 11. The molecule has 2 amide bonds. The standard InChI is InChI=1S/C27H33BrN2O6S/c1-5-12-29(17-8-10-18(35-4)11-9-17)25(33)23-27-14-19(28)22(37-27)20(26(34)36-13-6-2)21(27)24(32)30(23)16(7-3)15-31/h5-6,8-11,16,19-23,31H,1-2,7,12-15H2,3-4H3/t16-,19?,20+,21-,22+,23?,27?/m0/s1. The number of carbonyl (C=O) groups excluding carboxylic acids is 3. The Bertz CT molecular complexity index is 1060. The molecule has 1 aromatic rings. The summed E-state index contributed by atoms with van der Waals surface area (Å²) in [6.07, 6.45) is 4.15. The molecule has 7 atom stereocenters. The van der Waals surface area contributed by atoms with E-state index in [1.165, 1.54) is 17.8 Å². The Morgan fingerprint density at radius 1 is 1.32 bits per heavy atom. The van der Waals surface area contributed by atoms with Gasteiger partial charge in [0, 0.05) is 22.3 Å². The van der Waals surface area contributed by atoms with Crippen molar-refractivity contribution in [3.63, 3.8) is 0 Å². The van der Waals surface area contributed by atoms with Crippen LogP contribution in [0.1, 0.15) is 19.8 Å². The quantitative estimate of drug-likeness (QED) is 0.239. The number of likely N-dealkylation sites (tertiary alicyclic amines) is 1. The summed E-state index contributed by atoms with van der Waals surface area (Å²) >= 11 is 5.27. The highest BCUT2D eigenvalue weighted by Crippen LogP contribution is 2.68. The number of halogens is 1. The number of esters is 1. The second kappa shape index (κ2) is 11.2. The van der Waals surface area contributed by atoms with Crippen LogP contribution < -0.4 is 9.64 Å². The van der Waals surface area contributed by atoms with Gasteiger partial charge >= 0.3 is 5.97 Å². The molecule has 4 rings (SSSR count). The van der Waals surface area contributed by atoms with Crippen LogP contribution in [0.2, 0.25) is 0 Å². The SMILES string of the molecule is C=CCOC(=O)[C@H]1[C@@H]2SC3(CC2Br)C(C(=O)N(CC=C)c2ccc(OC)cc2)N([C@@H](CC)CO)C(=O)[C@H]13. The Labute approximate surface area is 230 Å². The zero-order valence-corrected chi connectivity index (χ0v) is 23.4. The van der Waals surface area contributed by atoms with E-state index in [2.05, 4.69) is 29.1 Å². The Morgan fingerprint density at radius 2 is 2.03 bits per heavy atom. The average Bonchev–Trinajstić information content (AvgIpc) is 3.50. The molecular weight excluding hydrogens is 560 g/mol. The van der Waals surface area contributed by atoms with Gasteiger partial charge in [-0.1, -0.05) is 41.6 Å². The average molecular weight is 594 g/mol. The van der Waals surface area contributed by atoms with Crippen molar-refractivity contribution < 1.29 is 29.0 Å². The second-order valence-electron chi connectivity index (χ2n) is 9.51. The molecule has 1 aromatic carbocycles. The van der Waals surface area contributed by atoms with Crippen molar-refractivity contribution in [2.24, 2.45) is 11.8 Å². The van der Waals surface area contributed by atoms with Gasteiger partial charge in [0.25, 0.3) is 5.91 Å². The summed E-state index contributed by atoms with van der Waals surface area (Å²) < 4.78 is 9.85. The molecule has 8 nitrogen and oxygen atoms in total. The van der Waals surface area contributed by atoms with Crippen LogP contribution in [0.3, 0.4) is 0 Å². The predicted molar refractivity (Wildman–Crippen MR) is 147 cm³/mol. The number of ether oxygens (including phenoxy) is 2. The van der Waals surface area contributed by atoms with Crippen molar-refractivity contribution in [2.45, 2.75) is 46.7 Å². The highest BCUT2D eigenvalue weighted by atomic mass is 79.9. The molecule has 0 radical (unpaired) electrons. The normalized spacial score (nSPS) is 30.5. The van der Waals surface area contributed by atoms with Crippen molar-refractivity contribution in [3.8, 4) is 5.75 Å². The molecule has 1 spiro atoms. The molecule has 10 heteroatoms. The molecule has 3 heterocycles. The smallest absolute Gasteiger partial charge is 0.311 e. The van der Waals surface area contributed by atoms with Crippen LogP contribution in [0, 0.1) is 11.8 Å². The summed E-state index contributed by atoms with van der Waals surface area (Å²) in [5, 5.41) is 10.0. The van der Waals surface area contributed by atoms with E-state index in [1.54, 1.807) is 47.3 Å². The van der Waals surface area contributed by atoms with Crippen molar-refractivity contribution >= 4 is 51.2 Å². The molecule has 0 saturated carbocycles. The Kier molecular flexibility index (Phi) is 8.40. The second-order valence-corrected chi connectivity index (χ2v) is 12.2. The summed E-state index contributed by atoms with van der Waals surface area (Å²) in [6, 6.07) is 5.72. The highest BCUT2D eigenvalue weighted by molar-refractivity contribution is 9.09. The van der Waals surface area contributed by atoms with Crippen LogP contribution in [-0.2, 0) is 19.1 Å². The van der Waals surface area contributed by atoms with Crippen LogP contribution in [-0.4, -0.2) is 81.6 Å². The number of methoxy groups -OCH3 is 1. The van der Waals surface area contributed by atoms with Crippen LogP contribution in [0.5, 0.6) is 5.75 Å². The van der Waals surface area contributed by atoms with Gasteiger partial charge < -0.3 is 24.4 Å². The zero-order valence-electron chi connectivity index (χ0n) is 21.0. The number of aliphatic hydroxyl groups is 1. The molecule has 3 saturated heterocycles. The molecule has 37 heavy (non-hydrogen) atoms. The maximum atomic E-state index is 14.5. The lowest BCUT2D eigenvalue weighted by molar-refractivity contribution is -0.153. The van der Waals surface area contributed by atoms with E-state index in [-0.39, 0.29) is 41.6 Å². The minimum Gasteiger partial charge on any atom is -0.497 e. The molecule has 0 aliphatic carbocycles. The first-order chi connectivity index (χ1) is 17.8. The van der Waals surface area contributed by atoms with Crippen molar-refractivity contribution in [1.29, 1.82) is 0 Å². The third-order valence-corrected chi connectivity index (χ3v) is 10.8. The fraction of sp³-hybridized carbons (Fsp3) is 0.519. The largest absolute Gasteiger partial charge is 0.497 e. The zero-order chi connectivity index (χ0) is 26.9. The number of hydrogen-bond acceptors (Lipinski definition) is 7. The maximum Gasteiger partial charge on any atom is 0.311 e. The minimum absolute atomic E-state index is 0.0540. The summed E-state index contributed by atoms with van der Waals surface area (Å²) in [7, 11) is 1.57. The number of carbonyl (C=O) groups is 3.